The van der Waals surface area contributed by atoms with E-state index in [1.807, 2.05) is 32.0 Å². The minimum absolute atomic E-state index is 0.144. The van der Waals surface area contributed by atoms with E-state index in [9.17, 15) is 9.59 Å². The Morgan fingerprint density at radius 3 is 2.45 bits per heavy atom. The van der Waals surface area contributed by atoms with Crippen LogP contribution in [0.4, 0.5) is 4.79 Å². The van der Waals surface area contributed by atoms with Crippen molar-refractivity contribution in [3.05, 3.63) is 34.9 Å². The number of benzene rings is 1. The Kier molecular flexibility index (Phi) is 5.55. The molecule has 120 valence electrons. The van der Waals surface area contributed by atoms with Gasteiger partial charge >= 0.3 is 6.09 Å². The predicted octanol–water partition coefficient (Wildman–Crippen LogP) is 2.26. The fourth-order valence-electron chi connectivity index (χ4n) is 2.63. The van der Waals surface area contributed by atoms with Gasteiger partial charge in [-0.05, 0) is 32.4 Å². The summed E-state index contributed by atoms with van der Waals surface area (Å²) in [6, 6.07) is 5.96. The van der Waals surface area contributed by atoms with E-state index in [0.717, 1.165) is 16.7 Å². The lowest BCUT2D eigenvalue weighted by Crippen LogP contribution is -2.50. The summed E-state index contributed by atoms with van der Waals surface area (Å²) in [5, 5.41) is 0. The van der Waals surface area contributed by atoms with E-state index in [4.69, 9.17) is 4.74 Å². The van der Waals surface area contributed by atoms with Gasteiger partial charge in [-0.15, -0.1) is 0 Å². The molecule has 1 amide bonds. The third-order valence-electron chi connectivity index (χ3n) is 3.96. The van der Waals surface area contributed by atoms with Crippen LogP contribution in [0.1, 0.15) is 28.4 Å². The number of ether oxygens (including phenoxy) is 1. The number of hydrogen-bond acceptors (Lipinski definition) is 4. The zero-order valence-electron chi connectivity index (χ0n) is 13.6. The molecule has 0 radical (unpaired) electrons. The summed E-state index contributed by atoms with van der Waals surface area (Å²) >= 11 is 0. The second-order valence-electron chi connectivity index (χ2n) is 5.70. The topological polar surface area (TPSA) is 49.9 Å². The van der Waals surface area contributed by atoms with Gasteiger partial charge in [-0.25, -0.2) is 4.79 Å². The molecular formula is C17H24N2O3. The lowest BCUT2D eigenvalue weighted by molar-refractivity contribution is 0.0733. The molecule has 0 spiro atoms. The van der Waals surface area contributed by atoms with E-state index >= 15 is 0 Å². The normalized spacial score (nSPS) is 15.7. The van der Waals surface area contributed by atoms with Crippen molar-refractivity contribution in [2.75, 3.05) is 39.3 Å². The van der Waals surface area contributed by atoms with E-state index in [-0.39, 0.29) is 11.9 Å². The van der Waals surface area contributed by atoms with Crippen molar-refractivity contribution in [2.45, 2.75) is 20.8 Å². The standard InChI is InChI=1S/C17H24N2O3/c1-4-22-17(21)19-9-7-18(8-10-19)12-16(20)15-11-13(2)5-6-14(15)3/h5-6,11H,4,7-10,12H2,1-3H3. The van der Waals surface area contributed by atoms with Gasteiger partial charge in [0.05, 0.1) is 13.2 Å². The Balaban J connectivity index is 1.89. The molecular weight excluding hydrogens is 280 g/mol. The summed E-state index contributed by atoms with van der Waals surface area (Å²) in [5.74, 6) is 0.144. The highest BCUT2D eigenvalue weighted by atomic mass is 16.6. The number of piperazine rings is 1. The Labute approximate surface area is 131 Å². The summed E-state index contributed by atoms with van der Waals surface area (Å²) < 4.78 is 5.00. The molecule has 0 bridgehead atoms. The molecule has 0 aromatic heterocycles. The van der Waals surface area contributed by atoms with Crippen LogP contribution >= 0.6 is 0 Å². The lowest BCUT2D eigenvalue weighted by atomic mass is 10.0. The monoisotopic (exact) mass is 304 g/mol. The smallest absolute Gasteiger partial charge is 0.409 e. The average molecular weight is 304 g/mol. The maximum Gasteiger partial charge on any atom is 0.409 e. The van der Waals surface area contributed by atoms with Crippen molar-refractivity contribution in [1.29, 1.82) is 0 Å². The number of ketones is 1. The second kappa shape index (κ2) is 7.40. The number of hydrogen-bond donors (Lipinski definition) is 0. The molecule has 5 heteroatoms. The molecule has 0 saturated carbocycles. The van der Waals surface area contributed by atoms with Crippen LogP contribution in [0.25, 0.3) is 0 Å². The van der Waals surface area contributed by atoms with Crippen molar-refractivity contribution in [3.8, 4) is 0 Å². The highest BCUT2D eigenvalue weighted by Gasteiger charge is 2.23. The van der Waals surface area contributed by atoms with Crippen LogP contribution in [-0.4, -0.2) is 61.0 Å². The van der Waals surface area contributed by atoms with Crippen molar-refractivity contribution in [3.63, 3.8) is 0 Å². The molecule has 2 rings (SSSR count). The maximum absolute atomic E-state index is 12.5. The number of carbonyl (C=O) groups excluding carboxylic acids is 2. The van der Waals surface area contributed by atoms with Gasteiger partial charge in [-0.1, -0.05) is 17.7 Å². The van der Waals surface area contributed by atoms with Gasteiger partial charge in [0.15, 0.2) is 5.78 Å². The number of Topliss-reactive ketones (excluding diaryl/α,β-unsaturated/α-hetero) is 1. The fraction of sp³-hybridized carbons (Fsp3) is 0.529. The van der Waals surface area contributed by atoms with E-state index in [1.165, 1.54) is 0 Å². The van der Waals surface area contributed by atoms with Gasteiger partial charge in [-0.2, -0.15) is 0 Å². The third kappa shape index (κ3) is 4.07. The molecule has 22 heavy (non-hydrogen) atoms. The molecule has 1 aromatic rings. The molecule has 0 atom stereocenters. The van der Waals surface area contributed by atoms with Gasteiger partial charge in [0.1, 0.15) is 0 Å². The van der Waals surface area contributed by atoms with E-state index in [0.29, 0.717) is 39.3 Å². The molecule has 0 unspecified atom stereocenters. The first-order valence-corrected chi connectivity index (χ1v) is 7.75. The zero-order chi connectivity index (χ0) is 16.1. The summed E-state index contributed by atoms with van der Waals surface area (Å²) in [6.07, 6.45) is -0.261. The molecule has 1 aliphatic rings. The fourth-order valence-corrected chi connectivity index (χ4v) is 2.63. The summed E-state index contributed by atoms with van der Waals surface area (Å²) in [4.78, 5) is 27.9. The van der Waals surface area contributed by atoms with E-state index < -0.39 is 0 Å². The first-order chi connectivity index (χ1) is 10.5. The average Bonchev–Trinajstić information content (AvgIpc) is 2.50. The SMILES string of the molecule is CCOC(=O)N1CCN(CC(=O)c2cc(C)ccc2C)CC1. The number of rotatable bonds is 4. The van der Waals surface area contributed by atoms with Gasteiger partial charge in [-0.3, -0.25) is 9.69 Å². The van der Waals surface area contributed by atoms with Gasteiger partial charge in [0.25, 0.3) is 0 Å². The minimum atomic E-state index is -0.261. The highest BCUT2D eigenvalue weighted by molar-refractivity contribution is 5.99. The molecule has 0 N–H and O–H groups in total. The number of carbonyl (C=O) groups is 2. The Morgan fingerprint density at radius 1 is 1.14 bits per heavy atom. The molecule has 1 heterocycles. The predicted molar refractivity (Wildman–Crippen MR) is 85.3 cm³/mol. The minimum Gasteiger partial charge on any atom is -0.450 e. The number of amides is 1. The number of aryl methyl sites for hydroxylation is 2. The largest absolute Gasteiger partial charge is 0.450 e. The van der Waals surface area contributed by atoms with Crippen molar-refractivity contribution < 1.29 is 14.3 Å². The van der Waals surface area contributed by atoms with Crippen molar-refractivity contribution in [1.82, 2.24) is 9.80 Å². The first-order valence-electron chi connectivity index (χ1n) is 7.75. The zero-order valence-corrected chi connectivity index (χ0v) is 13.6. The number of nitrogens with zero attached hydrogens (tertiary/aromatic N) is 2. The second-order valence-corrected chi connectivity index (χ2v) is 5.70. The maximum atomic E-state index is 12.5. The summed E-state index contributed by atoms with van der Waals surface area (Å²) in [5.41, 5.74) is 2.91. The van der Waals surface area contributed by atoms with Crippen LogP contribution in [-0.2, 0) is 4.74 Å². The lowest BCUT2D eigenvalue weighted by Gasteiger charge is -2.33. The molecule has 1 aromatic carbocycles. The third-order valence-corrected chi connectivity index (χ3v) is 3.96. The van der Waals surface area contributed by atoms with Crippen LogP contribution < -0.4 is 0 Å². The molecule has 0 aliphatic carbocycles. The van der Waals surface area contributed by atoms with Crippen molar-refractivity contribution >= 4 is 11.9 Å². The molecule has 1 saturated heterocycles. The molecule has 1 fully saturated rings. The summed E-state index contributed by atoms with van der Waals surface area (Å²) in [7, 11) is 0. The van der Waals surface area contributed by atoms with Crippen LogP contribution in [0.2, 0.25) is 0 Å². The highest BCUT2D eigenvalue weighted by Crippen LogP contribution is 2.13. The Bertz CT molecular complexity index is 549. The van der Waals surface area contributed by atoms with Gasteiger partial charge < -0.3 is 9.64 Å². The van der Waals surface area contributed by atoms with E-state index in [2.05, 4.69) is 4.90 Å². The Morgan fingerprint density at radius 2 is 1.82 bits per heavy atom. The van der Waals surface area contributed by atoms with Crippen LogP contribution in [0, 0.1) is 13.8 Å². The molecule has 5 nitrogen and oxygen atoms in total. The van der Waals surface area contributed by atoms with E-state index in [1.54, 1.807) is 11.8 Å². The summed E-state index contributed by atoms with van der Waals surface area (Å²) in [6.45, 7) is 9.19. The quantitative estimate of drug-likeness (QED) is 0.801. The van der Waals surface area contributed by atoms with Crippen LogP contribution in [0.15, 0.2) is 18.2 Å². The van der Waals surface area contributed by atoms with Gasteiger partial charge in [0.2, 0.25) is 0 Å². The molecule has 1 aliphatic heterocycles. The van der Waals surface area contributed by atoms with Gasteiger partial charge in [0, 0.05) is 31.7 Å². The van der Waals surface area contributed by atoms with Crippen molar-refractivity contribution in [2.24, 2.45) is 0 Å². The Hall–Kier alpha value is -1.88. The van der Waals surface area contributed by atoms with Crippen LogP contribution in [0.5, 0.6) is 0 Å². The van der Waals surface area contributed by atoms with Crippen LogP contribution in [0.3, 0.4) is 0 Å². The first kappa shape index (κ1) is 16.5.